The number of benzene rings is 1. The molecule has 1 aromatic carbocycles. The van der Waals surface area contributed by atoms with Crippen LogP contribution >= 0.6 is 11.3 Å². The summed E-state index contributed by atoms with van der Waals surface area (Å²) in [6.45, 7) is 6.05. The maximum Gasteiger partial charge on any atom is 0.235 e. The van der Waals surface area contributed by atoms with E-state index in [0.29, 0.717) is 15.5 Å². The molecule has 1 N–H and O–H groups in total. The van der Waals surface area contributed by atoms with Crippen molar-refractivity contribution in [1.82, 2.24) is 19.8 Å². The summed E-state index contributed by atoms with van der Waals surface area (Å²) in [5.74, 6) is 0.117. The van der Waals surface area contributed by atoms with Gasteiger partial charge in [-0.15, -0.1) is 10.2 Å². The van der Waals surface area contributed by atoms with E-state index in [4.69, 9.17) is 0 Å². The molecule has 5 nitrogen and oxygen atoms in total. The Labute approximate surface area is 118 Å². The fourth-order valence-corrected chi connectivity index (χ4v) is 2.74. The first-order valence-electron chi connectivity index (χ1n) is 6.08. The Hall–Kier alpha value is -2.02. The number of nitrogens with zero attached hydrogens (tertiary/aromatic N) is 4. The van der Waals surface area contributed by atoms with Crippen LogP contribution in [0.1, 0.15) is 26.6 Å². The van der Waals surface area contributed by atoms with Crippen LogP contribution in [-0.2, 0) is 5.41 Å². The van der Waals surface area contributed by atoms with Gasteiger partial charge in [-0.2, -0.15) is 9.61 Å². The van der Waals surface area contributed by atoms with Gasteiger partial charge in [-0.25, -0.2) is 4.39 Å². The van der Waals surface area contributed by atoms with E-state index in [-0.39, 0.29) is 11.2 Å². The van der Waals surface area contributed by atoms with Gasteiger partial charge in [0.1, 0.15) is 11.6 Å². The van der Waals surface area contributed by atoms with E-state index in [1.165, 1.54) is 23.5 Å². The van der Waals surface area contributed by atoms with Crippen LogP contribution in [0.3, 0.4) is 0 Å². The Morgan fingerprint density at radius 1 is 1.25 bits per heavy atom. The highest BCUT2D eigenvalue weighted by Gasteiger charge is 2.24. The van der Waals surface area contributed by atoms with Crippen molar-refractivity contribution in [3.05, 3.63) is 29.8 Å². The highest BCUT2D eigenvalue weighted by Crippen LogP contribution is 2.31. The second-order valence-corrected chi connectivity index (χ2v) is 6.50. The number of hydrogen-bond acceptors (Lipinski definition) is 5. The molecular weight excluding hydrogens is 279 g/mol. The van der Waals surface area contributed by atoms with Crippen molar-refractivity contribution in [3.8, 4) is 16.3 Å². The zero-order valence-corrected chi connectivity index (χ0v) is 12.1. The van der Waals surface area contributed by atoms with Crippen molar-refractivity contribution in [2.24, 2.45) is 0 Å². The number of aromatic hydroxyl groups is 1. The van der Waals surface area contributed by atoms with Gasteiger partial charge in [0.2, 0.25) is 4.96 Å². The van der Waals surface area contributed by atoms with Crippen LogP contribution in [0.25, 0.3) is 15.5 Å². The summed E-state index contributed by atoms with van der Waals surface area (Å²) in [5, 5.41) is 22.4. The van der Waals surface area contributed by atoms with Crippen LogP contribution in [0.4, 0.5) is 4.39 Å². The highest BCUT2D eigenvalue weighted by molar-refractivity contribution is 7.19. The summed E-state index contributed by atoms with van der Waals surface area (Å²) in [4.78, 5) is 0.623. The van der Waals surface area contributed by atoms with Crippen LogP contribution < -0.4 is 0 Å². The standard InChI is InChI=1S/C13H13FN4OS/c1-13(2,3)11-15-16-12-18(11)17-10(20-12)8-5-4-7(19)6-9(8)14/h4-6,19H,1-3H3. The van der Waals surface area contributed by atoms with Crippen LogP contribution in [0.5, 0.6) is 5.75 Å². The maximum absolute atomic E-state index is 13.9. The Bertz CT molecular complexity index is 787. The van der Waals surface area contributed by atoms with Gasteiger partial charge in [-0.05, 0) is 12.1 Å². The van der Waals surface area contributed by atoms with Gasteiger partial charge >= 0.3 is 0 Å². The number of phenols is 1. The fraction of sp³-hybridized carbons (Fsp3) is 0.308. The number of fused-ring (bicyclic) bond motifs is 1. The minimum Gasteiger partial charge on any atom is -0.508 e. The predicted molar refractivity (Wildman–Crippen MR) is 74.4 cm³/mol. The Morgan fingerprint density at radius 3 is 2.65 bits per heavy atom. The van der Waals surface area contributed by atoms with Gasteiger partial charge < -0.3 is 5.11 Å². The second-order valence-electron chi connectivity index (χ2n) is 5.54. The third kappa shape index (κ3) is 2.03. The molecule has 0 saturated carbocycles. The number of halogens is 1. The topological polar surface area (TPSA) is 63.3 Å². The van der Waals surface area contributed by atoms with Crippen LogP contribution in [0.15, 0.2) is 18.2 Å². The van der Waals surface area contributed by atoms with Gasteiger partial charge in [-0.3, -0.25) is 0 Å². The second kappa shape index (κ2) is 4.24. The molecule has 2 aromatic heterocycles. The number of phenolic OH excluding ortho intramolecular Hbond substituents is 1. The Balaban J connectivity index is 2.16. The molecule has 2 heterocycles. The summed E-state index contributed by atoms with van der Waals surface area (Å²) in [5.41, 5.74) is 0.149. The van der Waals surface area contributed by atoms with Gasteiger partial charge in [0.15, 0.2) is 10.8 Å². The van der Waals surface area contributed by atoms with Crippen molar-refractivity contribution >= 4 is 16.3 Å². The molecule has 0 amide bonds. The van der Waals surface area contributed by atoms with E-state index < -0.39 is 5.82 Å². The normalized spacial score (nSPS) is 12.2. The van der Waals surface area contributed by atoms with Gasteiger partial charge in [-0.1, -0.05) is 32.1 Å². The van der Waals surface area contributed by atoms with Gasteiger partial charge in [0, 0.05) is 17.0 Å². The van der Waals surface area contributed by atoms with Crippen molar-refractivity contribution < 1.29 is 9.50 Å². The highest BCUT2D eigenvalue weighted by atomic mass is 32.1. The fourth-order valence-electron chi connectivity index (χ4n) is 1.87. The van der Waals surface area contributed by atoms with E-state index in [2.05, 4.69) is 15.3 Å². The Kier molecular flexibility index (Phi) is 2.75. The third-order valence-electron chi connectivity index (χ3n) is 2.84. The van der Waals surface area contributed by atoms with E-state index in [1.54, 1.807) is 4.52 Å². The third-order valence-corrected chi connectivity index (χ3v) is 3.78. The molecule has 0 aliphatic carbocycles. The lowest BCUT2D eigenvalue weighted by atomic mass is 9.96. The van der Waals surface area contributed by atoms with E-state index in [1.807, 2.05) is 20.8 Å². The number of rotatable bonds is 1. The summed E-state index contributed by atoms with van der Waals surface area (Å²) in [6.07, 6.45) is 0. The first-order chi connectivity index (χ1) is 9.36. The minimum absolute atomic E-state index is 0.107. The number of aromatic nitrogens is 4. The van der Waals surface area contributed by atoms with Gasteiger partial charge in [0.05, 0.1) is 0 Å². The zero-order chi connectivity index (χ0) is 14.5. The molecule has 0 fully saturated rings. The molecule has 0 spiro atoms. The smallest absolute Gasteiger partial charge is 0.235 e. The SMILES string of the molecule is CC(C)(C)c1nnc2sc(-c3ccc(O)cc3F)nn12. The van der Waals surface area contributed by atoms with Crippen LogP contribution in [0.2, 0.25) is 0 Å². The molecule has 104 valence electrons. The van der Waals surface area contributed by atoms with Crippen molar-refractivity contribution in [2.75, 3.05) is 0 Å². The largest absolute Gasteiger partial charge is 0.508 e. The Morgan fingerprint density at radius 2 is 2.00 bits per heavy atom. The van der Waals surface area contributed by atoms with Crippen LogP contribution in [-0.4, -0.2) is 24.9 Å². The molecule has 7 heteroatoms. The number of hydrogen-bond donors (Lipinski definition) is 1. The van der Waals surface area contributed by atoms with Crippen molar-refractivity contribution in [2.45, 2.75) is 26.2 Å². The lowest BCUT2D eigenvalue weighted by Crippen LogP contribution is -2.16. The summed E-state index contributed by atoms with van der Waals surface area (Å²) >= 11 is 1.26. The molecule has 0 radical (unpaired) electrons. The first-order valence-corrected chi connectivity index (χ1v) is 6.89. The molecule has 0 atom stereocenters. The quantitative estimate of drug-likeness (QED) is 0.749. The molecular formula is C13H13FN4OS. The molecule has 0 saturated heterocycles. The lowest BCUT2D eigenvalue weighted by Gasteiger charge is -2.13. The molecule has 3 aromatic rings. The first kappa shape index (κ1) is 13.0. The van der Waals surface area contributed by atoms with E-state index >= 15 is 0 Å². The average Bonchev–Trinajstić information content (AvgIpc) is 2.86. The molecule has 3 rings (SSSR count). The maximum atomic E-state index is 13.9. The van der Waals surface area contributed by atoms with E-state index in [9.17, 15) is 9.50 Å². The molecule has 20 heavy (non-hydrogen) atoms. The average molecular weight is 292 g/mol. The minimum atomic E-state index is -0.507. The predicted octanol–water partition coefficient (Wildman–Crippen LogP) is 3.00. The molecule has 0 unspecified atom stereocenters. The summed E-state index contributed by atoms with van der Waals surface area (Å²) < 4.78 is 15.5. The monoisotopic (exact) mass is 292 g/mol. The molecule has 0 bridgehead atoms. The van der Waals surface area contributed by atoms with E-state index in [0.717, 1.165) is 11.9 Å². The van der Waals surface area contributed by atoms with Crippen molar-refractivity contribution in [3.63, 3.8) is 0 Å². The van der Waals surface area contributed by atoms with Crippen molar-refractivity contribution in [1.29, 1.82) is 0 Å². The molecule has 0 aliphatic rings. The zero-order valence-electron chi connectivity index (χ0n) is 11.3. The van der Waals surface area contributed by atoms with Gasteiger partial charge in [0.25, 0.3) is 0 Å². The van der Waals surface area contributed by atoms with Crippen LogP contribution in [0, 0.1) is 5.82 Å². The molecule has 0 aliphatic heterocycles. The lowest BCUT2D eigenvalue weighted by molar-refractivity contribution is 0.469. The summed E-state index contributed by atoms with van der Waals surface area (Å²) in [6, 6.07) is 4.01. The summed E-state index contributed by atoms with van der Waals surface area (Å²) in [7, 11) is 0.